The highest BCUT2D eigenvalue weighted by Gasteiger charge is 2.28. The van der Waals surface area contributed by atoms with E-state index >= 15 is 0 Å². The molecule has 3 atom stereocenters. The van der Waals surface area contributed by atoms with E-state index in [0.29, 0.717) is 0 Å². The number of nitriles is 1. The van der Waals surface area contributed by atoms with E-state index in [2.05, 4.69) is 51.3 Å². The summed E-state index contributed by atoms with van der Waals surface area (Å²) in [7, 11) is 0. The van der Waals surface area contributed by atoms with Gasteiger partial charge in [0.1, 0.15) is 5.82 Å². The van der Waals surface area contributed by atoms with Gasteiger partial charge >= 0.3 is 5.70 Å². The first-order valence-corrected chi connectivity index (χ1v) is 12.5. The average Bonchev–Trinajstić information content (AvgIpc) is 3.11. The van der Waals surface area contributed by atoms with Gasteiger partial charge in [-0.3, -0.25) is 0 Å². The summed E-state index contributed by atoms with van der Waals surface area (Å²) >= 11 is 0. The highest BCUT2D eigenvalue weighted by molar-refractivity contribution is 5.33. The topological polar surface area (TPSA) is 41.1 Å². The van der Waals surface area contributed by atoms with Crippen LogP contribution in [0.5, 0.6) is 0 Å². The molecule has 3 unspecified atom stereocenters. The lowest BCUT2D eigenvalue weighted by atomic mass is 9.92. The molecule has 3 rings (SSSR count). The second-order valence-corrected chi connectivity index (χ2v) is 10.3. The molecular weight excluding hydrogens is 384 g/mol. The third kappa shape index (κ3) is 6.86. The van der Waals surface area contributed by atoms with E-state index in [4.69, 9.17) is 6.57 Å². The lowest BCUT2D eigenvalue weighted by Crippen LogP contribution is -2.40. The predicted molar refractivity (Wildman–Crippen MR) is 126 cm³/mol. The van der Waals surface area contributed by atoms with Crippen molar-refractivity contribution in [1.29, 1.82) is 5.26 Å². The average molecular weight is 427 g/mol. The van der Waals surface area contributed by atoms with Crippen LogP contribution in [-0.2, 0) is 0 Å². The largest absolute Gasteiger partial charge is 0.365 e. The zero-order valence-electron chi connectivity index (χ0n) is 20.0. The van der Waals surface area contributed by atoms with Crippen molar-refractivity contribution in [3.8, 4) is 6.07 Å². The van der Waals surface area contributed by atoms with Crippen LogP contribution < -0.4 is 0 Å². The van der Waals surface area contributed by atoms with Gasteiger partial charge in [-0.25, -0.2) is 10.1 Å². The molecule has 0 aromatic heterocycles. The van der Waals surface area contributed by atoms with Crippen molar-refractivity contribution in [2.45, 2.75) is 52.9 Å². The van der Waals surface area contributed by atoms with E-state index < -0.39 is 0 Å². The molecule has 3 heterocycles. The second kappa shape index (κ2) is 11.7. The Morgan fingerprint density at radius 2 is 1.48 bits per heavy atom. The SMILES string of the molecule is [C-]#[N+]/C(C#N)=C1/N(CCCN2CCCC(C)C2)CCN1CCCN1CC(C)CC(C)C1. The molecule has 172 valence electrons. The first-order valence-electron chi connectivity index (χ1n) is 12.5. The van der Waals surface area contributed by atoms with Gasteiger partial charge < -0.3 is 19.6 Å². The molecule has 31 heavy (non-hydrogen) atoms. The first-order chi connectivity index (χ1) is 15.0. The zero-order chi connectivity index (χ0) is 22.2. The van der Waals surface area contributed by atoms with Gasteiger partial charge in [0.05, 0.1) is 12.6 Å². The minimum atomic E-state index is 0.268. The molecule has 0 bridgehead atoms. The summed E-state index contributed by atoms with van der Waals surface area (Å²) < 4.78 is 0. The van der Waals surface area contributed by atoms with Gasteiger partial charge in [-0.2, -0.15) is 0 Å². The highest BCUT2D eigenvalue weighted by atomic mass is 15.4. The number of nitrogens with zero attached hydrogens (tertiary/aromatic N) is 6. The number of piperidine rings is 2. The fraction of sp³-hybridized carbons (Fsp3) is 0.840. The Labute approximate surface area is 190 Å². The summed E-state index contributed by atoms with van der Waals surface area (Å²) in [5.74, 6) is 3.28. The van der Waals surface area contributed by atoms with Crippen LogP contribution in [-0.4, -0.2) is 85.0 Å². The van der Waals surface area contributed by atoms with Gasteiger partial charge in [-0.05, 0) is 69.5 Å². The Morgan fingerprint density at radius 1 is 0.903 bits per heavy atom. The van der Waals surface area contributed by atoms with Crippen molar-refractivity contribution in [3.05, 3.63) is 22.9 Å². The number of rotatable bonds is 8. The molecule has 3 aliphatic rings. The van der Waals surface area contributed by atoms with Crippen LogP contribution >= 0.6 is 0 Å². The van der Waals surface area contributed by atoms with Gasteiger partial charge in [0.15, 0.2) is 0 Å². The molecule has 3 aliphatic heterocycles. The summed E-state index contributed by atoms with van der Waals surface area (Å²) in [6.07, 6.45) is 6.21. The first kappa shape index (κ1) is 23.9. The maximum atomic E-state index is 9.58. The van der Waals surface area contributed by atoms with Crippen molar-refractivity contribution < 1.29 is 0 Å². The van der Waals surface area contributed by atoms with Crippen LogP contribution in [0.4, 0.5) is 0 Å². The zero-order valence-corrected chi connectivity index (χ0v) is 20.0. The van der Waals surface area contributed by atoms with Gasteiger partial charge in [0.25, 0.3) is 0 Å². The minimum absolute atomic E-state index is 0.268. The normalized spacial score (nSPS) is 29.6. The molecule has 0 saturated carbocycles. The van der Waals surface area contributed by atoms with Gasteiger partial charge in [0.2, 0.25) is 0 Å². The molecule has 0 spiro atoms. The molecule has 3 saturated heterocycles. The van der Waals surface area contributed by atoms with Crippen molar-refractivity contribution in [3.63, 3.8) is 0 Å². The quantitative estimate of drug-likeness (QED) is 0.437. The summed E-state index contributed by atoms with van der Waals surface area (Å²) in [6, 6.07) is 2.17. The Bertz CT molecular complexity index is 663. The van der Waals surface area contributed by atoms with Crippen molar-refractivity contribution >= 4 is 0 Å². The molecule has 0 amide bonds. The van der Waals surface area contributed by atoms with Crippen molar-refractivity contribution in [2.75, 3.05) is 65.4 Å². The number of likely N-dealkylation sites (tertiary alicyclic amines) is 2. The molecule has 6 heteroatoms. The molecular formula is C25H42N6. The Balaban J connectivity index is 1.50. The Hall–Kier alpha value is -1.76. The third-order valence-electron chi connectivity index (χ3n) is 7.16. The summed E-state index contributed by atoms with van der Waals surface area (Å²) in [6.45, 7) is 25.4. The summed E-state index contributed by atoms with van der Waals surface area (Å²) in [4.78, 5) is 13.4. The highest BCUT2D eigenvalue weighted by Crippen LogP contribution is 2.25. The molecule has 6 nitrogen and oxygen atoms in total. The van der Waals surface area contributed by atoms with Crippen LogP contribution in [0.3, 0.4) is 0 Å². The van der Waals surface area contributed by atoms with Crippen LogP contribution in [0.15, 0.2) is 11.5 Å². The molecule has 0 aromatic carbocycles. The van der Waals surface area contributed by atoms with E-state index in [1.807, 2.05) is 0 Å². The minimum Gasteiger partial charge on any atom is -0.365 e. The maximum Gasteiger partial charge on any atom is 0.300 e. The summed E-state index contributed by atoms with van der Waals surface area (Å²) in [5.41, 5.74) is 0.268. The third-order valence-corrected chi connectivity index (χ3v) is 7.16. The van der Waals surface area contributed by atoms with Crippen molar-refractivity contribution in [2.24, 2.45) is 17.8 Å². The predicted octanol–water partition coefficient (Wildman–Crippen LogP) is 3.71. The monoisotopic (exact) mass is 426 g/mol. The van der Waals surface area contributed by atoms with E-state index in [1.165, 1.54) is 45.4 Å². The lowest BCUT2D eigenvalue weighted by molar-refractivity contribution is 0.136. The second-order valence-electron chi connectivity index (χ2n) is 10.3. The molecule has 0 radical (unpaired) electrons. The lowest BCUT2D eigenvalue weighted by Gasteiger charge is -2.35. The van der Waals surface area contributed by atoms with E-state index in [9.17, 15) is 5.26 Å². The number of hydrogen-bond acceptors (Lipinski definition) is 5. The summed E-state index contributed by atoms with van der Waals surface area (Å²) in [5, 5.41) is 9.58. The maximum absolute atomic E-state index is 9.58. The van der Waals surface area contributed by atoms with Crippen LogP contribution in [0.25, 0.3) is 4.85 Å². The van der Waals surface area contributed by atoms with E-state index in [1.54, 1.807) is 0 Å². The standard InChI is InChI=1S/C25H42N6/c1-21-8-5-9-28(18-21)10-6-12-30-14-15-31(25(30)24(17-26)27-4)13-7-11-29-19-22(2)16-23(3)20-29/h21-23H,5-16,18-20H2,1-3H3/b25-24-. The molecule has 0 N–H and O–H groups in total. The smallest absolute Gasteiger partial charge is 0.300 e. The van der Waals surface area contributed by atoms with Crippen LogP contribution in [0.2, 0.25) is 0 Å². The fourth-order valence-electron chi connectivity index (χ4n) is 5.95. The number of allylic oxidation sites excluding steroid dienone is 1. The Morgan fingerprint density at radius 3 is 2.03 bits per heavy atom. The van der Waals surface area contributed by atoms with Gasteiger partial charge in [0, 0.05) is 45.8 Å². The van der Waals surface area contributed by atoms with Crippen LogP contribution in [0.1, 0.15) is 52.9 Å². The molecule has 0 aromatic rings. The molecule has 3 fully saturated rings. The van der Waals surface area contributed by atoms with Gasteiger partial charge in [-0.1, -0.05) is 20.8 Å². The van der Waals surface area contributed by atoms with E-state index in [0.717, 1.165) is 75.7 Å². The van der Waals surface area contributed by atoms with Crippen LogP contribution in [0, 0.1) is 35.7 Å². The van der Waals surface area contributed by atoms with Crippen molar-refractivity contribution in [1.82, 2.24) is 19.6 Å². The molecule has 0 aliphatic carbocycles. The number of hydrogen-bond donors (Lipinski definition) is 0. The Kier molecular flexibility index (Phi) is 9.05. The van der Waals surface area contributed by atoms with Gasteiger partial charge in [-0.15, -0.1) is 0 Å². The van der Waals surface area contributed by atoms with E-state index in [-0.39, 0.29) is 5.70 Å². The fourth-order valence-corrected chi connectivity index (χ4v) is 5.95.